The molecule has 4 nitrogen and oxygen atoms in total. The first-order valence-corrected chi connectivity index (χ1v) is 6.49. The molecule has 0 aliphatic carbocycles. The van der Waals surface area contributed by atoms with E-state index < -0.39 is 7.52 Å². The van der Waals surface area contributed by atoms with Gasteiger partial charge in [0.1, 0.15) is 0 Å². The highest BCUT2D eigenvalue weighted by molar-refractivity contribution is 7.61. The van der Waals surface area contributed by atoms with E-state index in [0.29, 0.717) is 6.54 Å². The summed E-state index contributed by atoms with van der Waals surface area (Å²) >= 11 is 0. The van der Waals surface area contributed by atoms with E-state index in [4.69, 9.17) is 9.79 Å². The van der Waals surface area contributed by atoms with E-state index in [2.05, 4.69) is 0 Å². The van der Waals surface area contributed by atoms with Crippen LogP contribution < -0.4 is 0 Å². The quantitative estimate of drug-likeness (QED) is 0.643. The van der Waals surface area contributed by atoms with Gasteiger partial charge in [-0.25, -0.2) is 4.67 Å². The Kier molecular flexibility index (Phi) is 6.03. The number of nitrogens with zero attached hydrogens (tertiary/aromatic N) is 2. The van der Waals surface area contributed by atoms with Crippen LogP contribution in [0.2, 0.25) is 0 Å². The zero-order chi connectivity index (χ0) is 11.2. The van der Waals surface area contributed by atoms with Crippen molar-refractivity contribution < 1.29 is 9.09 Å². The molecule has 2 atom stereocenters. The molecule has 2 unspecified atom stereocenters. The fourth-order valence-electron chi connectivity index (χ4n) is 0.954. The minimum absolute atomic E-state index is 0.139. The third kappa shape index (κ3) is 3.79. The average Bonchev–Trinajstić information content (AvgIpc) is 2.17. The SMILES string of the molecule is CCCN(C)P(=O)(C#N)OC(C)CC. The lowest BCUT2D eigenvalue weighted by Gasteiger charge is -2.23. The Morgan fingerprint density at radius 3 is 2.50 bits per heavy atom. The van der Waals surface area contributed by atoms with Gasteiger partial charge < -0.3 is 4.52 Å². The highest BCUT2D eigenvalue weighted by Crippen LogP contribution is 2.49. The summed E-state index contributed by atoms with van der Waals surface area (Å²) in [5.41, 5.74) is 0. The normalized spacial score (nSPS) is 17.4. The molecule has 5 heteroatoms. The first kappa shape index (κ1) is 13.6. The van der Waals surface area contributed by atoms with Gasteiger partial charge in [0.15, 0.2) is 5.81 Å². The molecule has 82 valence electrons. The number of hydrogen-bond donors (Lipinski definition) is 0. The molecule has 0 aliphatic rings. The van der Waals surface area contributed by atoms with Gasteiger partial charge in [0.05, 0.1) is 6.10 Å². The standard InChI is InChI=1S/C9H19N2O2P/c1-5-7-11(4)14(12,8-10)13-9(3)6-2/h9H,5-7H2,1-4H3. The van der Waals surface area contributed by atoms with Gasteiger partial charge >= 0.3 is 7.52 Å². The van der Waals surface area contributed by atoms with Crippen molar-refractivity contribution in [3.8, 4) is 5.81 Å². The first-order valence-electron chi connectivity index (χ1n) is 4.91. The molecule has 0 radical (unpaired) electrons. The van der Waals surface area contributed by atoms with Gasteiger partial charge in [-0.2, -0.15) is 5.26 Å². The third-order valence-electron chi connectivity index (χ3n) is 2.02. The van der Waals surface area contributed by atoms with Crippen LogP contribution in [0.25, 0.3) is 0 Å². The van der Waals surface area contributed by atoms with E-state index in [0.717, 1.165) is 12.8 Å². The molecule has 0 saturated heterocycles. The van der Waals surface area contributed by atoms with Gasteiger partial charge in [0.2, 0.25) is 0 Å². The molecule has 0 saturated carbocycles. The van der Waals surface area contributed by atoms with Crippen molar-refractivity contribution in [2.45, 2.75) is 39.7 Å². The molecule has 0 spiro atoms. The molecular formula is C9H19N2O2P. The van der Waals surface area contributed by atoms with Crippen molar-refractivity contribution in [1.29, 1.82) is 5.26 Å². The first-order chi connectivity index (χ1) is 6.50. The maximum Gasteiger partial charge on any atom is 0.371 e. The van der Waals surface area contributed by atoms with Crippen molar-refractivity contribution in [3.05, 3.63) is 0 Å². The minimum atomic E-state index is -3.24. The Hall–Kier alpha value is -0.360. The molecule has 0 aromatic rings. The molecule has 0 aliphatic heterocycles. The fraction of sp³-hybridized carbons (Fsp3) is 0.889. The Bertz CT molecular complexity index is 250. The van der Waals surface area contributed by atoms with Gasteiger partial charge in [-0.15, -0.1) is 0 Å². The molecule has 14 heavy (non-hydrogen) atoms. The van der Waals surface area contributed by atoms with Crippen molar-refractivity contribution in [2.24, 2.45) is 0 Å². The number of nitriles is 1. The molecule has 0 rings (SSSR count). The van der Waals surface area contributed by atoms with Crippen LogP contribution in [0, 0.1) is 11.1 Å². The molecule has 0 N–H and O–H groups in total. The van der Waals surface area contributed by atoms with Crippen molar-refractivity contribution in [2.75, 3.05) is 13.6 Å². The summed E-state index contributed by atoms with van der Waals surface area (Å²) in [5.74, 6) is 1.79. The molecule has 0 heterocycles. The van der Waals surface area contributed by atoms with Gasteiger partial charge in [0, 0.05) is 6.54 Å². The third-order valence-corrected chi connectivity index (χ3v) is 4.02. The maximum absolute atomic E-state index is 12.0. The summed E-state index contributed by atoms with van der Waals surface area (Å²) in [6.07, 6.45) is 1.47. The number of rotatable bonds is 6. The molecule has 0 aromatic heterocycles. The summed E-state index contributed by atoms with van der Waals surface area (Å²) in [4.78, 5) is 0. The van der Waals surface area contributed by atoms with Gasteiger partial charge in [0.25, 0.3) is 0 Å². The Morgan fingerprint density at radius 1 is 1.57 bits per heavy atom. The average molecular weight is 218 g/mol. The van der Waals surface area contributed by atoms with E-state index in [9.17, 15) is 4.57 Å². The second kappa shape index (κ2) is 6.19. The summed E-state index contributed by atoms with van der Waals surface area (Å²) in [7, 11) is -1.58. The van der Waals surface area contributed by atoms with Crippen molar-refractivity contribution in [3.63, 3.8) is 0 Å². The second-order valence-electron chi connectivity index (χ2n) is 3.33. The van der Waals surface area contributed by atoms with Crippen LogP contribution in [0.1, 0.15) is 33.6 Å². The fourth-order valence-corrected chi connectivity index (χ4v) is 2.42. The van der Waals surface area contributed by atoms with Crippen LogP contribution in [-0.4, -0.2) is 24.4 Å². The van der Waals surface area contributed by atoms with Gasteiger partial charge in [-0.05, 0) is 26.8 Å². The van der Waals surface area contributed by atoms with Crippen LogP contribution in [-0.2, 0) is 9.09 Å². The molecule has 0 amide bonds. The Balaban J connectivity index is 4.49. The van der Waals surface area contributed by atoms with Gasteiger partial charge in [-0.3, -0.25) is 4.57 Å². The molecule has 0 aromatic carbocycles. The van der Waals surface area contributed by atoms with Crippen molar-refractivity contribution in [1.82, 2.24) is 4.67 Å². The van der Waals surface area contributed by atoms with Crippen molar-refractivity contribution >= 4 is 7.52 Å². The Morgan fingerprint density at radius 2 is 2.14 bits per heavy atom. The maximum atomic E-state index is 12.0. The lowest BCUT2D eigenvalue weighted by Crippen LogP contribution is -2.19. The monoisotopic (exact) mass is 218 g/mol. The second-order valence-corrected chi connectivity index (χ2v) is 5.46. The largest absolute Gasteiger partial charge is 0.371 e. The lowest BCUT2D eigenvalue weighted by molar-refractivity contribution is 0.201. The zero-order valence-corrected chi connectivity index (χ0v) is 10.3. The predicted molar refractivity (Wildman–Crippen MR) is 57.0 cm³/mol. The molecule has 0 fully saturated rings. The summed E-state index contributed by atoms with van der Waals surface area (Å²) in [6, 6.07) is 0. The Labute approximate surface area is 86.4 Å². The number of hydrogen-bond acceptors (Lipinski definition) is 3. The highest BCUT2D eigenvalue weighted by atomic mass is 31.2. The van der Waals surface area contributed by atoms with Crippen LogP contribution in [0.3, 0.4) is 0 Å². The summed E-state index contributed by atoms with van der Waals surface area (Å²) in [6.45, 7) is 6.35. The topological polar surface area (TPSA) is 53.3 Å². The van der Waals surface area contributed by atoms with Crippen LogP contribution >= 0.6 is 7.52 Å². The lowest BCUT2D eigenvalue weighted by atomic mass is 10.3. The van der Waals surface area contributed by atoms with E-state index in [1.807, 2.05) is 20.8 Å². The van der Waals surface area contributed by atoms with Gasteiger partial charge in [-0.1, -0.05) is 13.8 Å². The summed E-state index contributed by atoms with van der Waals surface area (Å²) < 4.78 is 18.8. The zero-order valence-electron chi connectivity index (χ0n) is 9.36. The smallest absolute Gasteiger partial charge is 0.304 e. The van der Waals surface area contributed by atoms with E-state index in [1.54, 1.807) is 12.9 Å². The van der Waals surface area contributed by atoms with Crippen LogP contribution in [0.5, 0.6) is 0 Å². The molecule has 0 bridgehead atoms. The predicted octanol–water partition coefficient (Wildman–Crippen LogP) is 2.82. The van der Waals surface area contributed by atoms with Crippen LogP contribution in [0.15, 0.2) is 0 Å². The summed E-state index contributed by atoms with van der Waals surface area (Å²) in [5, 5.41) is 8.85. The van der Waals surface area contributed by atoms with E-state index in [1.165, 1.54) is 4.67 Å². The van der Waals surface area contributed by atoms with E-state index >= 15 is 0 Å². The highest BCUT2D eigenvalue weighted by Gasteiger charge is 2.30. The van der Waals surface area contributed by atoms with Crippen LogP contribution in [0.4, 0.5) is 0 Å². The van der Waals surface area contributed by atoms with E-state index in [-0.39, 0.29) is 6.10 Å². The molecular weight excluding hydrogens is 199 g/mol. The minimum Gasteiger partial charge on any atom is -0.304 e.